The van der Waals surface area contributed by atoms with Gasteiger partial charge in [0.2, 0.25) is 5.89 Å². The molecule has 0 spiro atoms. The lowest BCUT2D eigenvalue weighted by Gasteiger charge is -2.18. The highest BCUT2D eigenvalue weighted by Crippen LogP contribution is 2.17. The lowest BCUT2D eigenvalue weighted by molar-refractivity contribution is 0.135. The number of benzene rings is 1. The molecule has 1 aromatic carbocycles. The van der Waals surface area contributed by atoms with Crippen LogP contribution in [0.15, 0.2) is 33.3 Å². The molecule has 1 aromatic heterocycles. The van der Waals surface area contributed by atoms with E-state index in [2.05, 4.69) is 26.1 Å². The molecular weight excluding hydrogens is 310 g/mol. The number of nitrogens with zero attached hydrogens (tertiary/aromatic N) is 2. The normalized spacial score (nSPS) is 14.3. The molecule has 0 bridgehead atoms. The molecule has 1 atom stereocenters. The van der Waals surface area contributed by atoms with Crippen LogP contribution in [0, 0.1) is 0 Å². The highest BCUT2D eigenvalue weighted by atomic mass is 79.9. The number of ether oxygens (including phenoxy) is 1. The van der Waals surface area contributed by atoms with Gasteiger partial charge in [0.25, 0.3) is 0 Å². The molecule has 0 radical (unpaired) electrons. The average Bonchev–Trinajstić information content (AvgIpc) is 2.81. The summed E-state index contributed by atoms with van der Waals surface area (Å²) in [7, 11) is 1.59. The molecule has 0 fully saturated rings. The highest BCUT2D eigenvalue weighted by Gasteiger charge is 2.27. The molecule has 102 valence electrons. The third kappa shape index (κ3) is 3.62. The van der Waals surface area contributed by atoms with Crippen LogP contribution in [0.5, 0.6) is 0 Å². The highest BCUT2D eigenvalue weighted by molar-refractivity contribution is 9.10. The van der Waals surface area contributed by atoms with Crippen LogP contribution in [-0.4, -0.2) is 23.9 Å². The Morgan fingerprint density at radius 1 is 1.37 bits per heavy atom. The molecule has 5 nitrogen and oxygen atoms in total. The molecule has 2 rings (SSSR count). The number of aromatic nitrogens is 2. The molecule has 0 amide bonds. The molecule has 0 saturated heterocycles. The molecule has 19 heavy (non-hydrogen) atoms. The Balaban J connectivity index is 2.11. The molecule has 6 heteroatoms. The Morgan fingerprint density at radius 2 is 2.05 bits per heavy atom. The van der Waals surface area contributed by atoms with Crippen molar-refractivity contribution >= 4 is 15.9 Å². The van der Waals surface area contributed by atoms with E-state index in [0.717, 1.165) is 10.0 Å². The fourth-order valence-electron chi connectivity index (χ4n) is 1.70. The molecule has 0 aliphatic carbocycles. The summed E-state index contributed by atoms with van der Waals surface area (Å²) in [5.74, 6) is 1.01. The molecule has 0 saturated carbocycles. The van der Waals surface area contributed by atoms with Crippen molar-refractivity contribution in [1.29, 1.82) is 0 Å². The standard InChI is InChI=1S/C13H16BrN3O2/c1-13(15,8-18-2)12-16-11(19-17-12)7-9-3-5-10(14)6-4-9/h3-6H,7-8,15H2,1-2H3. The Bertz CT molecular complexity index is 537. The van der Waals surface area contributed by atoms with Gasteiger partial charge in [-0.25, -0.2) is 0 Å². The van der Waals surface area contributed by atoms with E-state index in [0.29, 0.717) is 24.7 Å². The zero-order valence-corrected chi connectivity index (χ0v) is 12.5. The maximum absolute atomic E-state index is 6.06. The molecule has 1 unspecified atom stereocenters. The third-order valence-electron chi connectivity index (χ3n) is 2.69. The van der Waals surface area contributed by atoms with Crippen molar-refractivity contribution in [2.24, 2.45) is 5.73 Å². The summed E-state index contributed by atoms with van der Waals surface area (Å²) >= 11 is 3.40. The van der Waals surface area contributed by atoms with Gasteiger partial charge < -0.3 is 15.0 Å². The fraction of sp³-hybridized carbons (Fsp3) is 0.385. The van der Waals surface area contributed by atoms with Crippen LogP contribution in [0.25, 0.3) is 0 Å². The first-order chi connectivity index (χ1) is 9.01. The molecular formula is C13H16BrN3O2. The van der Waals surface area contributed by atoms with Gasteiger partial charge in [-0.05, 0) is 24.6 Å². The summed E-state index contributed by atoms with van der Waals surface area (Å²) in [6.07, 6.45) is 0.587. The van der Waals surface area contributed by atoms with Crippen molar-refractivity contribution in [2.75, 3.05) is 13.7 Å². The van der Waals surface area contributed by atoms with Crippen molar-refractivity contribution < 1.29 is 9.26 Å². The van der Waals surface area contributed by atoms with Gasteiger partial charge >= 0.3 is 0 Å². The van der Waals surface area contributed by atoms with Gasteiger partial charge in [-0.1, -0.05) is 33.2 Å². The quantitative estimate of drug-likeness (QED) is 0.912. The SMILES string of the molecule is COCC(C)(N)c1noc(Cc2ccc(Br)cc2)n1. The Hall–Kier alpha value is -1.24. The number of hydrogen-bond acceptors (Lipinski definition) is 5. The number of methoxy groups -OCH3 is 1. The van der Waals surface area contributed by atoms with E-state index in [4.69, 9.17) is 15.0 Å². The first kappa shape index (κ1) is 14.2. The van der Waals surface area contributed by atoms with E-state index < -0.39 is 5.54 Å². The molecule has 0 aliphatic rings. The number of halogens is 1. The van der Waals surface area contributed by atoms with Gasteiger partial charge in [0.05, 0.1) is 13.0 Å². The van der Waals surface area contributed by atoms with Crippen LogP contribution < -0.4 is 5.73 Å². The Labute approximate surface area is 120 Å². The van der Waals surface area contributed by atoms with E-state index in [1.807, 2.05) is 31.2 Å². The van der Waals surface area contributed by atoms with Crippen molar-refractivity contribution in [3.05, 3.63) is 46.0 Å². The summed E-state index contributed by atoms with van der Waals surface area (Å²) in [5.41, 5.74) is 6.42. The van der Waals surface area contributed by atoms with Gasteiger partial charge in [-0.15, -0.1) is 0 Å². The largest absolute Gasteiger partial charge is 0.382 e. The molecule has 1 heterocycles. The smallest absolute Gasteiger partial charge is 0.231 e. The number of hydrogen-bond donors (Lipinski definition) is 1. The predicted octanol–water partition coefficient (Wildman–Crippen LogP) is 2.24. The van der Waals surface area contributed by atoms with Crippen molar-refractivity contribution in [2.45, 2.75) is 18.9 Å². The van der Waals surface area contributed by atoms with Gasteiger partial charge in [0.1, 0.15) is 5.54 Å². The maximum Gasteiger partial charge on any atom is 0.231 e. The Kier molecular flexibility index (Phi) is 4.34. The van der Waals surface area contributed by atoms with Crippen molar-refractivity contribution in [3.8, 4) is 0 Å². The zero-order valence-electron chi connectivity index (χ0n) is 10.9. The van der Waals surface area contributed by atoms with E-state index in [1.165, 1.54) is 0 Å². The molecule has 2 aromatic rings. The van der Waals surface area contributed by atoms with Gasteiger partial charge in [0, 0.05) is 11.6 Å². The first-order valence-corrected chi connectivity index (χ1v) is 6.66. The van der Waals surface area contributed by atoms with E-state index >= 15 is 0 Å². The third-order valence-corrected chi connectivity index (χ3v) is 3.22. The van der Waals surface area contributed by atoms with Crippen LogP contribution in [0.3, 0.4) is 0 Å². The second-order valence-electron chi connectivity index (χ2n) is 4.67. The minimum Gasteiger partial charge on any atom is -0.382 e. The molecule has 0 aliphatic heterocycles. The summed E-state index contributed by atoms with van der Waals surface area (Å²) in [4.78, 5) is 4.32. The van der Waals surface area contributed by atoms with Gasteiger partial charge in [0.15, 0.2) is 5.82 Å². The maximum atomic E-state index is 6.06. The second-order valence-corrected chi connectivity index (χ2v) is 5.58. The predicted molar refractivity (Wildman–Crippen MR) is 74.7 cm³/mol. The average molecular weight is 326 g/mol. The van der Waals surface area contributed by atoms with E-state index in [-0.39, 0.29) is 0 Å². The van der Waals surface area contributed by atoms with Crippen molar-refractivity contribution in [3.63, 3.8) is 0 Å². The lowest BCUT2D eigenvalue weighted by Crippen LogP contribution is -2.39. The first-order valence-electron chi connectivity index (χ1n) is 5.86. The number of rotatable bonds is 5. The van der Waals surface area contributed by atoms with Gasteiger partial charge in [-0.3, -0.25) is 0 Å². The van der Waals surface area contributed by atoms with Crippen molar-refractivity contribution in [1.82, 2.24) is 10.1 Å². The van der Waals surface area contributed by atoms with Crippen LogP contribution in [-0.2, 0) is 16.7 Å². The summed E-state index contributed by atoms with van der Waals surface area (Å²) in [6.45, 7) is 2.15. The monoisotopic (exact) mass is 325 g/mol. The minimum absolute atomic E-state index is 0.338. The van der Waals surface area contributed by atoms with E-state index in [9.17, 15) is 0 Å². The number of nitrogens with two attached hydrogens (primary N) is 1. The summed E-state index contributed by atoms with van der Waals surface area (Å²) in [6, 6.07) is 7.96. The van der Waals surface area contributed by atoms with E-state index in [1.54, 1.807) is 7.11 Å². The van der Waals surface area contributed by atoms with Crippen LogP contribution in [0.4, 0.5) is 0 Å². The summed E-state index contributed by atoms with van der Waals surface area (Å²) in [5, 5.41) is 3.92. The zero-order chi connectivity index (χ0) is 13.9. The van der Waals surface area contributed by atoms with Crippen LogP contribution in [0.1, 0.15) is 24.2 Å². The lowest BCUT2D eigenvalue weighted by atomic mass is 10.1. The fourth-order valence-corrected chi connectivity index (χ4v) is 1.96. The van der Waals surface area contributed by atoms with Crippen LogP contribution >= 0.6 is 15.9 Å². The molecule has 2 N–H and O–H groups in total. The van der Waals surface area contributed by atoms with Crippen LogP contribution in [0.2, 0.25) is 0 Å². The van der Waals surface area contributed by atoms with Gasteiger partial charge in [-0.2, -0.15) is 4.98 Å². The summed E-state index contributed by atoms with van der Waals surface area (Å²) < 4.78 is 11.3. The topological polar surface area (TPSA) is 74.2 Å². The minimum atomic E-state index is -0.740. The second kappa shape index (κ2) is 5.81. The Morgan fingerprint density at radius 3 is 2.68 bits per heavy atom.